The SMILES string of the molecule is O=S1(=O)CCC[C@@H]1C(O)(c1ccccc1)c1ccccc1. The summed E-state index contributed by atoms with van der Waals surface area (Å²) < 4.78 is 24.8. The summed E-state index contributed by atoms with van der Waals surface area (Å²) in [6, 6.07) is 18.2. The third-order valence-electron chi connectivity index (χ3n) is 4.22. The van der Waals surface area contributed by atoms with Crippen molar-refractivity contribution >= 4 is 9.84 Å². The van der Waals surface area contributed by atoms with Gasteiger partial charge in [-0.15, -0.1) is 0 Å². The minimum Gasteiger partial charge on any atom is -0.379 e. The molecule has 2 aromatic rings. The van der Waals surface area contributed by atoms with Crippen molar-refractivity contribution in [1.29, 1.82) is 0 Å². The summed E-state index contributed by atoms with van der Waals surface area (Å²) in [5, 5.41) is 10.6. The van der Waals surface area contributed by atoms with Gasteiger partial charge in [0.1, 0.15) is 5.60 Å². The number of aliphatic hydroxyl groups is 1. The summed E-state index contributed by atoms with van der Waals surface area (Å²) in [5.41, 5.74) is -0.226. The van der Waals surface area contributed by atoms with Crippen molar-refractivity contribution in [3.63, 3.8) is 0 Å². The van der Waals surface area contributed by atoms with Gasteiger partial charge in [0.05, 0.1) is 11.0 Å². The lowest BCUT2D eigenvalue weighted by Gasteiger charge is -2.34. The molecule has 1 aliphatic heterocycles. The summed E-state index contributed by atoms with van der Waals surface area (Å²) in [6.07, 6.45) is 1.09. The zero-order valence-corrected chi connectivity index (χ0v) is 12.5. The highest BCUT2D eigenvalue weighted by atomic mass is 32.2. The molecule has 1 heterocycles. The van der Waals surface area contributed by atoms with Crippen LogP contribution in [-0.2, 0) is 15.4 Å². The van der Waals surface area contributed by atoms with Crippen molar-refractivity contribution in [3.05, 3.63) is 71.8 Å². The number of hydrogen-bond acceptors (Lipinski definition) is 3. The Kier molecular flexibility index (Phi) is 3.59. The molecular formula is C17H18O3S. The van der Waals surface area contributed by atoms with Crippen LogP contribution in [-0.4, -0.2) is 24.5 Å². The second-order valence-electron chi connectivity index (χ2n) is 5.50. The van der Waals surface area contributed by atoms with Crippen LogP contribution in [0.5, 0.6) is 0 Å². The van der Waals surface area contributed by atoms with Gasteiger partial charge < -0.3 is 5.11 Å². The number of sulfone groups is 1. The molecule has 1 atom stereocenters. The maximum absolute atomic E-state index is 12.4. The summed E-state index contributed by atoms with van der Waals surface area (Å²) in [7, 11) is -3.29. The highest BCUT2D eigenvalue weighted by Gasteiger charge is 2.49. The van der Waals surface area contributed by atoms with E-state index in [9.17, 15) is 13.5 Å². The molecule has 1 fully saturated rings. The van der Waals surface area contributed by atoms with Crippen molar-refractivity contribution in [2.75, 3.05) is 5.75 Å². The van der Waals surface area contributed by atoms with Crippen LogP contribution in [0.1, 0.15) is 24.0 Å². The maximum Gasteiger partial charge on any atom is 0.156 e. The molecule has 1 N–H and O–H groups in total. The summed E-state index contributed by atoms with van der Waals surface area (Å²) in [6.45, 7) is 0. The van der Waals surface area contributed by atoms with Gasteiger partial charge in [-0.1, -0.05) is 60.7 Å². The van der Waals surface area contributed by atoms with E-state index in [0.29, 0.717) is 24.0 Å². The van der Waals surface area contributed by atoms with E-state index in [0.717, 1.165) is 0 Å². The molecule has 0 unspecified atom stereocenters. The number of hydrogen-bond donors (Lipinski definition) is 1. The molecule has 0 bridgehead atoms. The Morgan fingerprint density at radius 1 is 0.905 bits per heavy atom. The van der Waals surface area contributed by atoms with E-state index in [1.807, 2.05) is 36.4 Å². The monoisotopic (exact) mass is 302 g/mol. The molecule has 0 aromatic heterocycles. The van der Waals surface area contributed by atoms with Crippen LogP contribution in [0.2, 0.25) is 0 Å². The molecule has 3 rings (SSSR count). The van der Waals surface area contributed by atoms with Crippen LogP contribution in [0.25, 0.3) is 0 Å². The molecule has 0 radical (unpaired) electrons. The van der Waals surface area contributed by atoms with Crippen molar-refractivity contribution in [3.8, 4) is 0 Å². The normalized spacial score (nSPS) is 21.3. The Bertz CT molecular complexity index is 669. The zero-order valence-electron chi connectivity index (χ0n) is 11.6. The Morgan fingerprint density at radius 2 is 1.38 bits per heavy atom. The molecule has 1 saturated heterocycles. The van der Waals surface area contributed by atoms with Gasteiger partial charge in [0.15, 0.2) is 9.84 Å². The van der Waals surface area contributed by atoms with E-state index in [1.165, 1.54) is 0 Å². The Morgan fingerprint density at radius 3 is 1.76 bits per heavy atom. The van der Waals surface area contributed by atoms with Crippen LogP contribution in [0.4, 0.5) is 0 Å². The molecule has 0 amide bonds. The van der Waals surface area contributed by atoms with Crippen LogP contribution < -0.4 is 0 Å². The fourth-order valence-electron chi connectivity index (χ4n) is 3.18. The van der Waals surface area contributed by atoms with Crippen molar-refractivity contribution in [1.82, 2.24) is 0 Å². The van der Waals surface area contributed by atoms with Crippen LogP contribution in [0.3, 0.4) is 0 Å². The fraction of sp³-hybridized carbons (Fsp3) is 0.294. The van der Waals surface area contributed by atoms with E-state index in [1.54, 1.807) is 24.3 Å². The molecule has 3 nitrogen and oxygen atoms in total. The zero-order chi connectivity index (χ0) is 14.9. The van der Waals surface area contributed by atoms with Gasteiger partial charge >= 0.3 is 0 Å². The first-order valence-corrected chi connectivity index (χ1v) is 8.82. The molecule has 0 saturated carbocycles. The number of benzene rings is 2. The molecule has 0 spiro atoms. The largest absolute Gasteiger partial charge is 0.379 e. The topological polar surface area (TPSA) is 54.4 Å². The van der Waals surface area contributed by atoms with Crippen LogP contribution >= 0.6 is 0 Å². The predicted octanol–water partition coefficient (Wildman–Crippen LogP) is 2.50. The highest BCUT2D eigenvalue weighted by molar-refractivity contribution is 7.92. The summed E-state index contributed by atoms with van der Waals surface area (Å²) >= 11 is 0. The van der Waals surface area contributed by atoms with Crippen LogP contribution in [0.15, 0.2) is 60.7 Å². The maximum atomic E-state index is 12.4. The van der Waals surface area contributed by atoms with E-state index in [2.05, 4.69) is 0 Å². The highest BCUT2D eigenvalue weighted by Crippen LogP contribution is 2.41. The third-order valence-corrected chi connectivity index (χ3v) is 6.52. The van der Waals surface area contributed by atoms with Gasteiger partial charge in [-0.2, -0.15) is 0 Å². The quantitative estimate of drug-likeness (QED) is 0.948. The Labute approximate surface area is 125 Å². The van der Waals surface area contributed by atoms with E-state index in [-0.39, 0.29) is 5.75 Å². The first kappa shape index (κ1) is 14.3. The Hall–Kier alpha value is -1.65. The third kappa shape index (κ3) is 2.39. The molecule has 21 heavy (non-hydrogen) atoms. The minimum absolute atomic E-state index is 0.152. The summed E-state index contributed by atoms with van der Waals surface area (Å²) in [5.74, 6) is 0.152. The molecule has 4 heteroatoms. The first-order valence-electron chi connectivity index (χ1n) is 7.10. The second-order valence-corrected chi connectivity index (χ2v) is 7.80. The molecular weight excluding hydrogens is 284 g/mol. The van der Waals surface area contributed by atoms with Gasteiger partial charge in [-0.25, -0.2) is 8.42 Å². The van der Waals surface area contributed by atoms with Crippen molar-refractivity contribution < 1.29 is 13.5 Å². The molecule has 0 aliphatic carbocycles. The second kappa shape index (κ2) is 5.28. The average Bonchev–Trinajstić information content (AvgIpc) is 2.88. The van der Waals surface area contributed by atoms with Crippen molar-refractivity contribution in [2.24, 2.45) is 0 Å². The lowest BCUT2D eigenvalue weighted by atomic mass is 9.82. The minimum atomic E-state index is -3.29. The smallest absolute Gasteiger partial charge is 0.156 e. The Balaban J connectivity index is 2.21. The lowest BCUT2D eigenvalue weighted by molar-refractivity contribution is 0.0746. The standard InChI is InChI=1S/C17H18O3S/c18-17(14-8-3-1-4-9-14,15-10-5-2-6-11-15)16-12-7-13-21(16,19)20/h1-6,8-11,16,18H,7,12-13H2/t16-/m1/s1. The lowest BCUT2D eigenvalue weighted by Crippen LogP contribution is -2.43. The molecule has 1 aliphatic rings. The summed E-state index contributed by atoms with van der Waals surface area (Å²) in [4.78, 5) is 0. The fourth-order valence-corrected chi connectivity index (χ4v) is 5.35. The average molecular weight is 302 g/mol. The van der Waals surface area contributed by atoms with Gasteiger partial charge in [-0.05, 0) is 24.0 Å². The number of rotatable bonds is 3. The van der Waals surface area contributed by atoms with Gasteiger partial charge in [-0.3, -0.25) is 0 Å². The van der Waals surface area contributed by atoms with Gasteiger partial charge in [0.25, 0.3) is 0 Å². The molecule has 110 valence electrons. The van der Waals surface area contributed by atoms with Gasteiger partial charge in [0.2, 0.25) is 0 Å². The van der Waals surface area contributed by atoms with Crippen molar-refractivity contribution in [2.45, 2.75) is 23.7 Å². The van der Waals surface area contributed by atoms with Gasteiger partial charge in [0, 0.05) is 0 Å². The van der Waals surface area contributed by atoms with E-state index >= 15 is 0 Å². The van der Waals surface area contributed by atoms with Crippen LogP contribution in [0, 0.1) is 0 Å². The van der Waals surface area contributed by atoms with E-state index < -0.39 is 20.7 Å². The predicted molar refractivity (Wildman–Crippen MR) is 82.7 cm³/mol. The first-order chi connectivity index (χ1) is 10.0. The van der Waals surface area contributed by atoms with E-state index in [4.69, 9.17) is 0 Å². The molecule has 2 aromatic carbocycles.